The Bertz CT molecular complexity index is 662. The molecule has 0 bridgehead atoms. The number of carbonyl (C=O) groups is 1. The van der Waals surface area contributed by atoms with Gasteiger partial charge < -0.3 is 9.64 Å². The third-order valence-electron chi connectivity index (χ3n) is 3.00. The summed E-state index contributed by atoms with van der Waals surface area (Å²) in [5, 5.41) is -1.52. The van der Waals surface area contributed by atoms with Crippen molar-refractivity contribution < 1.29 is 30.6 Å². The molecule has 0 aromatic heterocycles. The van der Waals surface area contributed by atoms with E-state index in [1.54, 1.807) is 0 Å². The van der Waals surface area contributed by atoms with Gasteiger partial charge in [0.25, 0.3) is 0 Å². The summed E-state index contributed by atoms with van der Waals surface area (Å²) in [4.78, 5) is 12.6. The second-order valence-electron chi connectivity index (χ2n) is 4.24. The molecule has 1 aliphatic heterocycles. The van der Waals surface area contributed by atoms with Crippen LogP contribution in [0, 0.1) is 11.6 Å². The molecule has 0 saturated carbocycles. The van der Waals surface area contributed by atoms with E-state index in [2.05, 4.69) is 0 Å². The topological polar surface area (TPSA) is 63.7 Å². The minimum absolute atomic E-state index is 0.137. The molecule has 1 aliphatic rings. The molecular formula is C11H10F3NO4S. The van der Waals surface area contributed by atoms with Crippen molar-refractivity contribution in [1.82, 2.24) is 0 Å². The lowest BCUT2D eigenvalue weighted by molar-refractivity contribution is -0.117. The minimum atomic E-state index is -4.89. The number of carbonyl (C=O) groups excluding carboxylic acids is 1. The molecule has 9 heteroatoms. The zero-order valence-corrected chi connectivity index (χ0v) is 11.1. The van der Waals surface area contributed by atoms with Gasteiger partial charge in [0, 0.05) is 25.1 Å². The highest BCUT2D eigenvalue weighted by Gasteiger charge is 2.40. The number of nitrogens with zero attached hydrogens (tertiary/aromatic N) is 1. The van der Waals surface area contributed by atoms with Crippen molar-refractivity contribution in [3.05, 3.63) is 23.8 Å². The van der Waals surface area contributed by atoms with Gasteiger partial charge in [0.2, 0.25) is 5.91 Å². The first kappa shape index (κ1) is 14.6. The van der Waals surface area contributed by atoms with Crippen molar-refractivity contribution in [2.45, 2.75) is 11.7 Å². The van der Waals surface area contributed by atoms with Crippen LogP contribution in [-0.4, -0.2) is 33.2 Å². The number of benzene rings is 1. The summed E-state index contributed by atoms with van der Waals surface area (Å²) in [6.45, 7) is -0.473. The number of rotatable bonds is 3. The molecule has 1 aromatic carbocycles. The number of hydrogen-bond acceptors (Lipinski definition) is 4. The molecule has 1 atom stereocenters. The molecule has 0 radical (unpaired) electrons. The van der Waals surface area contributed by atoms with Crippen LogP contribution < -0.4 is 9.64 Å². The first-order chi connectivity index (χ1) is 9.24. The highest BCUT2D eigenvalue weighted by molar-refractivity contribution is 7.87. The summed E-state index contributed by atoms with van der Waals surface area (Å²) in [6, 6.07) is 1.44. The van der Waals surface area contributed by atoms with Crippen LogP contribution in [0.2, 0.25) is 0 Å². The van der Waals surface area contributed by atoms with Crippen molar-refractivity contribution in [2.75, 3.05) is 18.6 Å². The average Bonchev–Trinajstić information content (AvgIpc) is 2.74. The molecule has 1 fully saturated rings. The first-order valence-electron chi connectivity index (χ1n) is 5.51. The van der Waals surface area contributed by atoms with Crippen molar-refractivity contribution in [1.29, 1.82) is 0 Å². The molecular weight excluding hydrogens is 299 g/mol. The lowest BCUT2D eigenvalue weighted by Gasteiger charge is -2.19. The number of hydrogen-bond donors (Lipinski definition) is 0. The molecule has 2 rings (SSSR count). The molecule has 20 heavy (non-hydrogen) atoms. The van der Waals surface area contributed by atoms with Crippen LogP contribution in [0.1, 0.15) is 6.42 Å². The van der Waals surface area contributed by atoms with E-state index in [0.29, 0.717) is 6.07 Å². The summed E-state index contributed by atoms with van der Waals surface area (Å²) < 4.78 is 65.7. The van der Waals surface area contributed by atoms with E-state index >= 15 is 0 Å². The van der Waals surface area contributed by atoms with Crippen molar-refractivity contribution in [3.63, 3.8) is 0 Å². The van der Waals surface area contributed by atoms with E-state index in [9.17, 15) is 25.9 Å². The molecule has 1 aromatic rings. The highest BCUT2D eigenvalue weighted by atomic mass is 32.3. The van der Waals surface area contributed by atoms with E-state index in [0.717, 1.165) is 11.0 Å². The van der Waals surface area contributed by atoms with E-state index < -0.39 is 46.0 Å². The van der Waals surface area contributed by atoms with Crippen molar-refractivity contribution in [2.24, 2.45) is 0 Å². The standard InChI is InChI=1S/C11H10F3NO4S/c1-19-10-4-8(13)7(12)3-9(10)15-5-6(2-11(15)16)20(14,17)18/h3-4,6H,2,5H2,1H3. The molecule has 0 N–H and O–H groups in total. The molecule has 0 aliphatic carbocycles. The van der Waals surface area contributed by atoms with Gasteiger partial charge in [-0.25, -0.2) is 8.78 Å². The molecule has 5 nitrogen and oxygen atoms in total. The van der Waals surface area contributed by atoms with Gasteiger partial charge in [0.05, 0.1) is 12.8 Å². The number of ether oxygens (including phenoxy) is 1. The van der Waals surface area contributed by atoms with Gasteiger partial charge in [0.1, 0.15) is 11.0 Å². The fourth-order valence-electron chi connectivity index (χ4n) is 1.99. The van der Waals surface area contributed by atoms with Crippen LogP contribution >= 0.6 is 0 Å². The Morgan fingerprint density at radius 3 is 2.40 bits per heavy atom. The summed E-state index contributed by atoms with van der Waals surface area (Å²) in [5.74, 6) is -3.25. The second-order valence-corrected chi connectivity index (χ2v) is 5.86. The van der Waals surface area contributed by atoms with Crippen LogP contribution in [0.25, 0.3) is 0 Å². The maximum atomic E-state index is 13.2. The fourth-order valence-corrected chi connectivity index (χ4v) is 2.66. The van der Waals surface area contributed by atoms with E-state index in [1.807, 2.05) is 0 Å². The third kappa shape index (κ3) is 2.58. The van der Waals surface area contributed by atoms with Crippen LogP contribution in [0.15, 0.2) is 12.1 Å². The quantitative estimate of drug-likeness (QED) is 0.791. The Balaban J connectivity index is 2.42. The predicted molar refractivity (Wildman–Crippen MR) is 63.7 cm³/mol. The third-order valence-corrected chi connectivity index (χ3v) is 4.11. The fraction of sp³-hybridized carbons (Fsp3) is 0.364. The van der Waals surface area contributed by atoms with Gasteiger partial charge in [-0.05, 0) is 0 Å². The number of halogens is 3. The Morgan fingerprint density at radius 2 is 1.90 bits per heavy atom. The number of amides is 1. The van der Waals surface area contributed by atoms with Gasteiger partial charge in [-0.15, -0.1) is 3.89 Å². The SMILES string of the molecule is COc1cc(F)c(F)cc1N1CC(S(=O)(=O)F)CC1=O. The Morgan fingerprint density at radius 1 is 1.30 bits per heavy atom. The van der Waals surface area contributed by atoms with Gasteiger partial charge in [0.15, 0.2) is 11.6 Å². The van der Waals surface area contributed by atoms with Gasteiger partial charge in [-0.3, -0.25) is 4.79 Å². The van der Waals surface area contributed by atoms with Crippen molar-refractivity contribution in [3.8, 4) is 5.75 Å². The first-order valence-corrected chi connectivity index (χ1v) is 6.95. The van der Waals surface area contributed by atoms with Crippen LogP contribution in [0.3, 0.4) is 0 Å². The van der Waals surface area contributed by atoms with E-state index in [4.69, 9.17) is 4.74 Å². The average molecular weight is 309 g/mol. The molecule has 1 heterocycles. The van der Waals surface area contributed by atoms with Gasteiger partial charge >= 0.3 is 10.2 Å². The Kier molecular flexibility index (Phi) is 3.63. The Labute approximate surface area is 113 Å². The van der Waals surface area contributed by atoms with E-state index in [1.165, 1.54) is 7.11 Å². The summed E-state index contributed by atoms with van der Waals surface area (Å²) in [7, 11) is -3.70. The lowest BCUT2D eigenvalue weighted by atomic mass is 10.2. The molecule has 1 unspecified atom stereocenters. The van der Waals surface area contributed by atoms with E-state index in [-0.39, 0.29) is 11.4 Å². The monoisotopic (exact) mass is 309 g/mol. The normalized spacial score (nSPS) is 19.5. The highest BCUT2D eigenvalue weighted by Crippen LogP contribution is 2.34. The predicted octanol–water partition coefficient (Wildman–Crippen LogP) is 1.38. The van der Waals surface area contributed by atoms with Crippen LogP contribution in [0.5, 0.6) is 5.75 Å². The summed E-state index contributed by atoms with van der Waals surface area (Å²) in [6.07, 6.45) is -0.555. The maximum Gasteiger partial charge on any atom is 0.307 e. The molecule has 1 amide bonds. The van der Waals surface area contributed by atoms with Crippen LogP contribution in [0.4, 0.5) is 18.4 Å². The summed E-state index contributed by atoms with van der Waals surface area (Å²) in [5.41, 5.74) is -0.137. The number of methoxy groups -OCH3 is 1. The molecule has 1 saturated heterocycles. The Hall–Kier alpha value is -1.77. The molecule has 0 spiro atoms. The largest absolute Gasteiger partial charge is 0.494 e. The van der Waals surface area contributed by atoms with Crippen LogP contribution in [-0.2, 0) is 15.0 Å². The van der Waals surface area contributed by atoms with Gasteiger partial charge in [-0.2, -0.15) is 8.42 Å². The maximum absolute atomic E-state index is 13.2. The number of anilines is 1. The van der Waals surface area contributed by atoms with Crippen molar-refractivity contribution >= 4 is 21.8 Å². The minimum Gasteiger partial charge on any atom is -0.494 e. The lowest BCUT2D eigenvalue weighted by Crippen LogP contribution is -2.27. The zero-order chi connectivity index (χ0) is 15.1. The van der Waals surface area contributed by atoms with Gasteiger partial charge in [-0.1, -0.05) is 0 Å². The smallest absolute Gasteiger partial charge is 0.307 e. The molecule has 110 valence electrons. The second kappa shape index (κ2) is 4.97. The zero-order valence-electron chi connectivity index (χ0n) is 10.3. The summed E-state index contributed by atoms with van der Waals surface area (Å²) >= 11 is 0.